The van der Waals surface area contributed by atoms with Crippen molar-refractivity contribution >= 4 is 15.7 Å². The van der Waals surface area contributed by atoms with Gasteiger partial charge in [0.05, 0.1) is 12.8 Å². The SMILES string of the molecule is COc1ccc(S(=O)(=O)NC2CCN(C)C(C)C2)c(N)c1. The number of nitrogens with two attached hydrogens (primary N) is 1. The van der Waals surface area contributed by atoms with E-state index >= 15 is 0 Å². The third-order valence-electron chi connectivity index (χ3n) is 4.04. The van der Waals surface area contributed by atoms with Crippen molar-refractivity contribution in [1.29, 1.82) is 0 Å². The number of ether oxygens (including phenoxy) is 1. The minimum absolute atomic E-state index is 0.0531. The number of rotatable bonds is 4. The molecule has 2 rings (SSSR count). The monoisotopic (exact) mass is 313 g/mol. The Balaban J connectivity index is 2.15. The number of sulfonamides is 1. The van der Waals surface area contributed by atoms with E-state index in [9.17, 15) is 8.42 Å². The lowest BCUT2D eigenvalue weighted by molar-refractivity contribution is 0.178. The Morgan fingerprint density at radius 3 is 2.71 bits per heavy atom. The second-order valence-electron chi connectivity index (χ2n) is 5.58. The summed E-state index contributed by atoms with van der Waals surface area (Å²) in [6.45, 7) is 2.98. The maximum atomic E-state index is 12.5. The van der Waals surface area contributed by atoms with Crippen LogP contribution < -0.4 is 15.2 Å². The topological polar surface area (TPSA) is 84.7 Å². The summed E-state index contributed by atoms with van der Waals surface area (Å²) < 4.78 is 32.7. The highest BCUT2D eigenvalue weighted by molar-refractivity contribution is 7.89. The second-order valence-corrected chi connectivity index (χ2v) is 7.26. The number of methoxy groups -OCH3 is 1. The van der Waals surface area contributed by atoms with E-state index in [1.165, 1.54) is 19.2 Å². The highest BCUT2D eigenvalue weighted by Crippen LogP contribution is 2.25. The van der Waals surface area contributed by atoms with Gasteiger partial charge in [-0.3, -0.25) is 0 Å². The van der Waals surface area contributed by atoms with Crippen LogP contribution >= 0.6 is 0 Å². The molecule has 1 aromatic carbocycles. The maximum absolute atomic E-state index is 12.5. The summed E-state index contributed by atoms with van der Waals surface area (Å²) in [6.07, 6.45) is 1.60. The van der Waals surface area contributed by atoms with Crippen LogP contribution in [0.5, 0.6) is 5.75 Å². The smallest absolute Gasteiger partial charge is 0.242 e. The Kier molecular flexibility index (Phi) is 4.75. The molecule has 1 aliphatic rings. The van der Waals surface area contributed by atoms with Crippen molar-refractivity contribution in [3.63, 3.8) is 0 Å². The van der Waals surface area contributed by atoms with Crippen LogP contribution in [0.4, 0.5) is 5.69 Å². The molecule has 6 nitrogen and oxygen atoms in total. The van der Waals surface area contributed by atoms with E-state index in [0.29, 0.717) is 11.8 Å². The van der Waals surface area contributed by atoms with E-state index in [2.05, 4.69) is 23.6 Å². The molecule has 0 aromatic heterocycles. The lowest BCUT2D eigenvalue weighted by Crippen LogP contribution is -2.47. The van der Waals surface area contributed by atoms with E-state index in [-0.39, 0.29) is 16.6 Å². The molecule has 0 radical (unpaired) electrons. The third kappa shape index (κ3) is 3.66. The first-order valence-corrected chi connectivity index (χ1v) is 8.48. The average molecular weight is 313 g/mol. The lowest BCUT2D eigenvalue weighted by Gasteiger charge is -2.35. The molecule has 1 saturated heterocycles. The van der Waals surface area contributed by atoms with Crippen molar-refractivity contribution in [2.45, 2.75) is 36.7 Å². The molecule has 0 aliphatic carbocycles. The first-order chi connectivity index (χ1) is 9.83. The molecule has 2 atom stereocenters. The molecule has 0 saturated carbocycles. The second kappa shape index (κ2) is 6.21. The van der Waals surface area contributed by atoms with E-state index in [4.69, 9.17) is 10.5 Å². The van der Waals surface area contributed by atoms with Crippen LogP contribution in [0.2, 0.25) is 0 Å². The number of piperidine rings is 1. The summed E-state index contributed by atoms with van der Waals surface area (Å²) in [5.41, 5.74) is 6.03. The standard InChI is InChI=1S/C14H23N3O3S/c1-10-8-11(6-7-17(10)2)16-21(18,19)14-5-4-12(20-3)9-13(14)15/h4-5,9-11,16H,6-8,15H2,1-3H3. The number of benzene rings is 1. The molecular formula is C14H23N3O3S. The average Bonchev–Trinajstić information content (AvgIpc) is 2.42. The van der Waals surface area contributed by atoms with E-state index in [1.807, 2.05) is 0 Å². The highest BCUT2D eigenvalue weighted by atomic mass is 32.2. The molecule has 0 spiro atoms. The molecule has 2 unspecified atom stereocenters. The van der Waals surface area contributed by atoms with Crippen molar-refractivity contribution < 1.29 is 13.2 Å². The van der Waals surface area contributed by atoms with Crippen molar-refractivity contribution in [2.75, 3.05) is 26.4 Å². The molecule has 1 aromatic rings. The van der Waals surface area contributed by atoms with Gasteiger partial charge in [-0.15, -0.1) is 0 Å². The van der Waals surface area contributed by atoms with Gasteiger partial charge < -0.3 is 15.4 Å². The molecular weight excluding hydrogens is 290 g/mol. The van der Waals surface area contributed by atoms with Crippen LogP contribution in [0, 0.1) is 0 Å². The molecule has 1 heterocycles. The predicted molar refractivity (Wildman–Crippen MR) is 82.8 cm³/mol. The Morgan fingerprint density at radius 1 is 1.43 bits per heavy atom. The van der Waals surface area contributed by atoms with Gasteiger partial charge in [0.15, 0.2) is 0 Å². The minimum atomic E-state index is -3.61. The first kappa shape index (κ1) is 16.1. The van der Waals surface area contributed by atoms with Gasteiger partial charge in [-0.1, -0.05) is 0 Å². The van der Waals surface area contributed by atoms with Crippen LogP contribution in [0.3, 0.4) is 0 Å². The van der Waals surface area contributed by atoms with Crippen LogP contribution in [0.25, 0.3) is 0 Å². The number of likely N-dealkylation sites (tertiary alicyclic amines) is 1. The summed E-state index contributed by atoms with van der Waals surface area (Å²) in [7, 11) is -0.0381. The fourth-order valence-electron chi connectivity index (χ4n) is 2.58. The fourth-order valence-corrected chi connectivity index (χ4v) is 3.97. The fraction of sp³-hybridized carbons (Fsp3) is 0.571. The number of nitrogens with one attached hydrogen (secondary N) is 1. The van der Waals surface area contributed by atoms with E-state index < -0.39 is 10.0 Å². The summed E-state index contributed by atoms with van der Waals surface area (Å²) >= 11 is 0. The number of hydrogen-bond acceptors (Lipinski definition) is 5. The molecule has 0 amide bonds. The molecule has 7 heteroatoms. The zero-order valence-corrected chi connectivity index (χ0v) is 13.5. The van der Waals surface area contributed by atoms with Gasteiger partial charge in [0.25, 0.3) is 0 Å². The number of anilines is 1. The lowest BCUT2D eigenvalue weighted by atomic mass is 10.0. The van der Waals surface area contributed by atoms with Gasteiger partial charge in [-0.05, 0) is 45.5 Å². The Labute approximate surface area is 126 Å². The van der Waals surface area contributed by atoms with Crippen molar-refractivity contribution in [3.8, 4) is 5.75 Å². The van der Waals surface area contributed by atoms with E-state index in [0.717, 1.165) is 19.4 Å². The molecule has 1 aliphatic heterocycles. The molecule has 0 bridgehead atoms. The largest absolute Gasteiger partial charge is 0.497 e. The van der Waals surface area contributed by atoms with Crippen molar-refractivity contribution in [1.82, 2.24) is 9.62 Å². The first-order valence-electron chi connectivity index (χ1n) is 6.99. The summed E-state index contributed by atoms with van der Waals surface area (Å²) in [6, 6.07) is 4.91. The van der Waals surface area contributed by atoms with Crippen LogP contribution in [-0.4, -0.2) is 46.1 Å². The van der Waals surface area contributed by atoms with Crippen molar-refractivity contribution in [3.05, 3.63) is 18.2 Å². The predicted octanol–water partition coefficient (Wildman–Crippen LogP) is 1.04. The zero-order chi connectivity index (χ0) is 15.6. The quantitative estimate of drug-likeness (QED) is 0.811. The number of nitrogens with zero attached hydrogens (tertiary/aromatic N) is 1. The van der Waals surface area contributed by atoms with Gasteiger partial charge in [-0.25, -0.2) is 13.1 Å². The van der Waals surface area contributed by atoms with Gasteiger partial charge in [0, 0.05) is 18.2 Å². The third-order valence-corrected chi connectivity index (χ3v) is 5.63. The Morgan fingerprint density at radius 2 is 2.14 bits per heavy atom. The minimum Gasteiger partial charge on any atom is -0.497 e. The summed E-state index contributed by atoms with van der Waals surface area (Å²) in [5, 5.41) is 0. The normalized spacial score (nSPS) is 24.0. The zero-order valence-electron chi connectivity index (χ0n) is 12.7. The number of nitrogen functional groups attached to an aromatic ring is 1. The van der Waals surface area contributed by atoms with Crippen LogP contribution in [-0.2, 0) is 10.0 Å². The van der Waals surface area contributed by atoms with Gasteiger partial charge in [-0.2, -0.15) is 0 Å². The summed E-state index contributed by atoms with van der Waals surface area (Å²) in [5.74, 6) is 0.541. The van der Waals surface area contributed by atoms with Crippen LogP contribution in [0.1, 0.15) is 19.8 Å². The number of hydrogen-bond donors (Lipinski definition) is 2. The molecule has 1 fully saturated rings. The Hall–Kier alpha value is -1.31. The van der Waals surface area contributed by atoms with Gasteiger partial charge >= 0.3 is 0 Å². The van der Waals surface area contributed by atoms with Crippen LogP contribution in [0.15, 0.2) is 23.1 Å². The maximum Gasteiger partial charge on any atom is 0.242 e. The molecule has 3 N–H and O–H groups in total. The van der Waals surface area contributed by atoms with E-state index in [1.54, 1.807) is 6.07 Å². The Bertz CT molecular complexity index is 603. The summed E-state index contributed by atoms with van der Waals surface area (Å²) in [4.78, 5) is 2.34. The highest BCUT2D eigenvalue weighted by Gasteiger charge is 2.28. The van der Waals surface area contributed by atoms with Gasteiger partial charge in [0.2, 0.25) is 10.0 Å². The molecule has 118 valence electrons. The molecule has 21 heavy (non-hydrogen) atoms. The van der Waals surface area contributed by atoms with Gasteiger partial charge in [0.1, 0.15) is 10.6 Å². The van der Waals surface area contributed by atoms with Crippen molar-refractivity contribution in [2.24, 2.45) is 0 Å².